The topological polar surface area (TPSA) is 70.8 Å². The molecule has 1 aromatic rings. The Morgan fingerprint density at radius 1 is 1.65 bits per heavy atom. The second kappa shape index (κ2) is 5.60. The molecule has 17 heavy (non-hydrogen) atoms. The number of rotatable bonds is 4. The molecule has 1 aliphatic heterocycles. The van der Waals surface area contributed by atoms with Gasteiger partial charge < -0.3 is 10.1 Å². The minimum absolute atomic E-state index is 0.324. The minimum atomic E-state index is 0.324. The molecule has 1 N–H and O–H groups in total. The van der Waals surface area contributed by atoms with Crippen LogP contribution in [-0.4, -0.2) is 29.5 Å². The van der Waals surface area contributed by atoms with Gasteiger partial charge in [-0.05, 0) is 18.9 Å². The summed E-state index contributed by atoms with van der Waals surface area (Å²) >= 11 is 0. The Labute approximate surface area is 101 Å². The summed E-state index contributed by atoms with van der Waals surface area (Å²) in [5, 5.41) is 19.8. The zero-order valence-electron chi connectivity index (χ0n) is 9.89. The van der Waals surface area contributed by atoms with Crippen LogP contribution in [0.1, 0.15) is 25.3 Å². The lowest BCUT2D eigenvalue weighted by molar-refractivity contribution is 0.0900. The van der Waals surface area contributed by atoms with Crippen LogP contribution in [0.15, 0.2) is 12.3 Å². The van der Waals surface area contributed by atoms with E-state index in [2.05, 4.69) is 28.5 Å². The smallest absolute Gasteiger partial charge is 0.166 e. The Balaban J connectivity index is 1.96. The largest absolute Gasteiger partial charge is 0.378 e. The molecule has 5 heteroatoms. The number of hydrogen-bond donors (Lipinski definition) is 1. The van der Waals surface area contributed by atoms with Crippen molar-refractivity contribution in [2.45, 2.75) is 25.9 Å². The fraction of sp³-hybridized carbons (Fsp3) is 0.583. The van der Waals surface area contributed by atoms with E-state index in [4.69, 9.17) is 10.00 Å². The summed E-state index contributed by atoms with van der Waals surface area (Å²) in [6.45, 7) is 3.74. The zero-order valence-corrected chi connectivity index (χ0v) is 9.89. The molecule has 0 aromatic carbocycles. The van der Waals surface area contributed by atoms with Crippen LogP contribution in [0.4, 0.5) is 5.82 Å². The molecule has 0 aliphatic carbocycles. The fourth-order valence-corrected chi connectivity index (χ4v) is 2.16. The molecule has 1 aromatic heterocycles. The summed E-state index contributed by atoms with van der Waals surface area (Å²) < 4.78 is 5.62. The highest BCUT2D eigenvalue weighted by molar-refractivity contribution is 5.50. The molecule has 0 amide bonds. The molecule has 2 atom stereocenters. The number of anilines is 1. The van der Waals surface area contributed by atoms with Crippen molar-refractivity contribution < 1.29 is 4.74 Å². The Hall–Kier alpha value is -1.67. The predicted molar refractivity (Wildman–Crippen MR) is 63.4 cm³/mol. The van der Waals surface area contributed by atoms with E-state index in [0.717, 1.165) is 26.0 Å². The molecule has 0 spiro atoms. The SMILES string of the molecule is CCC1OCCC1CNc1nnccc1C#N. The van der Waals surface area contributed by atoms with Gasteiger partial charge in [0, 0.05) is 19.1 Å². The third-order valence-corrected chi connectivity index (χ3v) is 3.12. The van der Waals surface area contributed by atoms with Gasteiger partial charge in [-0.15, -0.1) is 5.10 Å². The molecule has 5 nitrogen and oxygen atoms in total. The normalized spacial score (nSPS) is 23.3. The lowest BCUT2D eigenvalue weighted by Crippen LogP contribution is -2.23. The number of ether oxygens (including phenoxy) is 1. The van der Waals surface area contributed by atoms with Crippen LogP contribution in [0.5, 0.6) is 0 Å². The van der Waals surface area contributed by atoms with E-state index in [1.807, 2.05) is 0 Å². The molecule has 1 fully saturated rings. The van der Waals surface area contributed by atoms with Gasteiger partial charge in [0.05, 0.1) is 17.9 Å². The minimum Gasteiger partial charge on any atom is -0.378 e. The number of nitriles is 1. The van der Waals surface area contributed by atoms with Crippen molar-refractivity contribution in [3.63, 3.8) is 0 Å². The summed E-state index contributed by atoms with van der Waals surface area (Å²) in [5.41, 5.74) is 0.534. The van der Waals surface area contributed by atoms with Gasteiger partial charge in [-0.25, -0.2) is 0 Å². The molecule has 1 aliphatic rings. The van der Waals surface area contributed by atoms with Crippen LogP contribution in [-0.2, 0) is 4.74 Å². The average molecular weight is 232 g/mol. The Kier molecular flexibility index (Phi) is 3.89. The van der Waals surface area contributed by atoms with Crippen LogP contribution in [0, 0.1) is 17.2 Å². The van der Waals surface area contributed by atoms with Crippen molar-refractivity contribution >= 4 is 5.82 Å². The summed E-state index contributed by atoms with van der Waals surface area (Å²) in [4.78, 5) is 0. The van der Waals surface area contributed by atoms with Gasteiger partial charge in [0.2, 0.25) is 0 Å². The van der Waals surface area contributed by atoms with E-state index in [9.17, 15) is 0 Å². The third-order valence-electron chi connectivity index (χ3n) is 3.12. The second-order valence-corrected chi connectivity index (χ2v) is 4.15. The van der Waals surface area contributed by atoms with Crippen molar-refractivity contribution in [3.8, 4) is 6.07 Å². The maximum atomic E-state index is 8.93. The first-order chi connectivity index (χ1) is 8.35. The van der Waals surface area contributed by atoms with Crippen molar-refractivity contribution in [3.05, 3.63) is 17.8 Å². The molecule has 2 unspecified atom stereocenters. The maximum absolute atomic E-state index is 8.93. The average Bonchev–Trinajstić information content (AvgIpc) is 2.84. The van der Waals surface area contributed by atoms with Crippen LogP contribution in [0.25, 0.3) is 0 Å². The Morgan fingerprint density at radius 3 is 3.29 bits per heavy atom. The number of nitrogens with one attached hydrogen (secondary N) is 1. The van der Waals surface area contributed by atoms with E-state index in [1.54, 1.807) is 6.07 Å². The van der Waals surface area contributed by atoms with E-state index in [0.29, 0.717) is 23.4 Å². The molecule has 0 bridgehead atoms. The van der Waals surface area contributed by atoms with Gasteiger partial charge >= 0.3 is 0 Å². The summed E-state index contributed by atoms with van der Waals surface area (Å²) in [6.07, 6.45) is 3.94. The van der Waals surface area contributed by atoms with Gasteiger partial charge in [-0.3, -0.25) is 0 Å². The van der Waals surface area contributed by atoms with Crippen molar-refractivity contribution in [1.82, 2.24) is 10.2 Å². The predicted octanol–water partition coefficient (Wildman–Crippen LogP) is 1.58. The lowest BCUT2D eigenvalue weighted by Gasteiger charge is -2.17. The molecular formula is C12H16N4O. The molecule has 0 saturated carbocycles. The van der Waals surface area contributed by atoms with E-state index in [-0.39, 0.29) is 0 Å². The monoisotopic (exact) mass is 232 g/mol. The fourth-order valence-electron chi connectivity index (χ4n) is 2.16. The van der Waals surface area contributed by atoms with Gasteiger partial charge in [-0.2, -0.15) is 10.4 Å². The van der Waals surface area contributed by atoms with Gasteiger partial charge in [0.1, 0.15) is 6.07 Å². The van der Waals surface area contributed by atoms with Crippen molar-refractivity contribution in [2.24, 2.45) is 5.92 Å². The van der Waals surface area contributed by atoms with Crippen LogP contribution >= 0.6 is 0 Å². The number of hydrogen-bond acceptors (Lipinski definition) is 5. The number of nitrogens with zero attached hydrogens (tertiary/aromatic N) is 3. The summed E-state index contributed by atoms with van der Waals surface area (Å²) in [7, 11) is 0. The standard InChI is InChI=1S/C12H16N4O/c1-2-11-10(4-6-17-11)8-14-12-9(7-13)3-5-15-16-12/h3,5,10-11H,2,4,6,8H2,1H3,(H,14,16). The van der Waals surface area contributed by atoms with Crippen LogP contribution < -0.4 is 5.32 Å². The van der Waals surface area contributed by atoms with E-state index >= 15 is 0 Å². The highest BCUT2D eigenvalue weighted by Crippen LogP contribution is 2.23. The van der Waals surface area contributed by atoms with Crippen LogP contribution in [0.2, 0.25) is 0 Å². The molecular weight excluding hydrogens is 216 g/mol. The molecule has 2 heterocycles. The first-order valence-corrected chi connectivity index (χ1v) is 5.92. The summed E-state index contributed by atoms with van der Waals surface area (Å²) in [6, 6.07) is 3.76. The second-order valence-electron chi connectivity index (χ2n) is 4.15. The van der Waals surface area contributed by atoms with Gasteiger partial charge in [-0.1, -0.05) is 6.92 Å². The molecule has 2 rings (SSSR count). The first-order valence-electron chi connectivity index (χ1n) is 5.92. The molecule has 0 radical (unpaired) electrons. The molecule has 1 saturated heterocycles. The lowest BCUT2D eigenvalue weighted by atomic mass is 10.00. The molecule has 90 valence electrons. The highest BCUT2D eigenvalue weighted by Gasteiger charge is 2.26. The van der Waals surface area contributed by atoms with E-state index in [1.165, 1.54) is 6.20 Å². The maximum Gasteiger partial charge on any atom is 0.166 e. The number of aromatic nitrogens is 2. The first kappa shape index (κ1) is 11.8. The highest BCUT2D eigenvalue weighted by atomic mass is 16.5. The quantitative estimate of drug-likeness (QED) is 0.853. The van der Waals surface area contributed by atoms with Crippen LogP contribution in [0.3, 0.4) is 0 Å². The Morgan fingerprint density at radius 2 is 2.53 bits per heavy atom. The third kappa shape index (κ3) is 2.71. The summed E-state index contributed by atoms with van der Waals surface area (Å²) in [5.74, 6) is 1.06. The van der Waals surface area contributed by atoms with Gasteiger partial charge in [0.25, 0.3) is 0 Å². The van der Waals surface area contributed by atoms with Crippen molar-refractivity contribution in [1.29, 1.82) is 5.26 Å². The van der Waals surface area contributed by atoms with Crippen molar-refractivity contribution in [2.75, 3.05) is 18.5 Å². The Bertz CT molecular complexity index is 415. The van der Waals surface area contributed by atoms with Gasteiger partial charge in [0.15, 0.2) is 5.82 Å². The van der Waals surface area contributed by atoms with E-state index < -0.39 is 0 Å². The zero-order chi connectivity index (χ0) is 12.1.